The highest BCUT2D eigenvalue weighted by molar-refractivity contribution is 7.98. The number of benzene rings is 2. The lowest BCUT2D eigenvalue weighted by Crippen LogP contribution is -2.22. The van der Waals surface area contributed by atoms with Gasteiger partial charge in [0.1, 0.15) is 0 Å². The third-order valence-electron chi connectivity index (χ3n) is 3.77. The van der Waals surface area contributed by atoms with Crippen molar-refractivity contribution in [1.29, 1.82) is 0 Å². The quantitative estimate of drug-likeness (QED) is 0.449. The van der Waals surface area contributed by atoms with Crippen molar-refractivity contribution < 1.29 is 9.59 Å². The number of carbonyl (C=O) groups is 2. The highest BCUT2D eigenvalue weighted by Crippen LogP contribution is 2.29. The number of hydrogen-bond acceptors (Lipinski definition) is 5. The van der Waals surface area contributed by atoms with Gasteiger partial charge in [0.15, 0.2) is 5.13 Å². The Balaban J connectivity index is 1.71. The summed E-state index contributed by atoms with van der Waals surface area (Å²) in [5.41, 5.74) is 2.12. The summed E-state index contributed by atoms with van der Waals surface area (Å²) in [6, 6.07) is 17.0. The van der Waals surface area contributed by atoms with Crippen LogP contribution in [0.5, 0.6) is 0 Å². The van der Waals surface area contributed by atoms with Crippen LogP contribution in [0.15, 0.2) is 70.9 Å². The molecule has 0 spiro atoms. The minimum atomic E-state index is -0.237. The standard InChI is InChI=1S/C21H19N3O2S2/c1-15(25)24(18-8-4-3-5-9-18)21-23-17(14-28-21)11-12-20(26)22-16-7-6-10-19(13-16)27-2/h3-14H,1-2H3,(H,22,26)/b12-11+. The molecule has 0 atom stereocenters. The zero-order valence-corrected chi connectivity index (χ0v) is 17.1. The molecule has 0 saturated heterocycles. The van der Waals surface area contributed by atoms with E-state index in [1.54, 1.807) is 22.7 Å². The van der Waals surface area contributed by atoms with Gasteiger partial charge >= 0.3 is 0 Å². The van der Waals surface area contributed by atoms with Crippen LogP contribution in [-0.4, -0.2) is 23.1 Å². The molecule has 3 rings (SSSR count). The molecule has 0 fully saturated rings. The zero-order chi connectivity index (χ0) is 19.9. The molecule has 0 aliphatic carbocycles. The van der Waals surface area contributed by atoms with E-state index in [0.29, 0.717) is 10.8 Å². The lowest BCUT2D eigenvalue weighted by atomic mass is 10.3. The Morgan fingerprint density at radius 1 is 1.14 bits per heavy atom. The minimum Gasteiger partial charge on any atom is -0.322 e. The number of para-hydroxylation sites is 1. The third kappa shape index (κ3) is 5.09. The molecule has 0 aliphatic heterocycles. The normalized spacial score (nSPS) is 10.8. The summed E-state index contributed by atoms with van der Waals surface area (Å²) in [6.45, 7) is 1.50. The van der Waals surface area contributed by atoms with Crippen molar-refractivity contribution in [3.63, 3.8) is 0 Å². The van der Waals surface area contributed by atoms with E-state index in [2.05, 4.69) is 10.3 Å². The summed E-state index contributed by atoms with van der Waals surface area (Å²) in [4.78, 5) is 31.3. The first kappa shape index (κ1) is 19.9. The first-order valence-electron chi connectivity index (χ1n) is 8.51. The highest BCUT2D eigenvalue weighted by Gasteiger charge is 2.17. The number of nitrogens with zero attached hydrogens (tertiary/aromatic N) is 2. The van der Waals surface area contributed by atoms with Gasteiger partial charge in [0.25, 0.3) is 0 Å². The molecular weight excluding hydrogens is 390 g/mol. The van der Waals surface area contributed by atoms with E-state index in [4.69, 9.17) is 0 Å². The minimum absolute atomic E-state index is 0.123. The lowest BCUT2D eigenvalue weighted by Gasteiger charge is -2.17. The topological polar surface area (TPSA) is 62.3 Å². The van der Waals surface area contributed by atoms with Gasteiger partial charge in [-0.2, -0.15) is 0 Å². The molecule has 3 aromatic rings. The van der Waals surface area contributed by atoms with E-state index in [1.165, 1.54) is 24.3 Å². The number of thioether (sulfide) groups is 1. The third-order valence-corrected chi connectivity index (χ3v) is 5.34. The number of carbonyl (C=O) groups excluding carboxylic acids is 2. The second kappa shape index (κ2) is 9.34. The van der Waals surface area contributed by atoms with Crippen LogP contribution in [0.25, 0.3) is 6.08 Å². The summed E-state index contributed by atoms with van der Waals surface area (Å²) in [5, 5.41) is 5.21. The van der Waals surface area contributed by atoms with Gasteiger partial charge in [0.05, 0.1) is 11.4 Å². The van der Waals surface area contributed by atoms with Crippen molar-refractivity contribution in [3.05, 3.63) is 71.7 Å². The van der Waals surface area contributed by atoms with Gasteiger partial charge in [-0.15, -0.1) is 23.1 Å². The number of hydrogen-bond donors (Lipinski definition) is 1. The zero-order valence-electron chi connectivity index (χ0n) is 15.5. The highest BCUT2D eigenvalue weighted by atomic mass is 32.2. The molecule has 1 aromatic heterocycles. The number of thiazole rings is 1. The molecule has 2 amide bonds. The van der Waals surface area contributed by atoms with Gasteiger partial charge in [-0.3, -0.25) is 14.5 Å². The first-order valence-corrected chi connectivity index (χ1v) is 10.6. The Kier molecular flexibility index (Phi) is 6.62. The molecular formula is C21H19N3O2S2. The van der Waals surface area contributed by atoms with E-state index in [1.807, 2.05) is 66.2 Å². The Hall–Kier alpha value is -2.90. The van der Waals surface area contributed by atoms with Gasteiger partial charge in [0.2, 0.25) is 11.8 Å². The molecule has 28 heavy (non-hydrogen) atoms. The summed E-state index contributed by atoms with van der Waals surface area (Å²) >= 11 is 2.97. The van der Waals surface area contributed by atoms with Crippen LogP contribution in [-0.2, 0) is 9.59 Å². The second-order valence-electron chi connectivity index (χ2n) is 5.80. The first-order chi connectivity index (χ1) is 13.6. The molecule has 1 heterocycles. The van der Waals surface area contributed by atoms with Gasteiger partial charge in [-0.05, 0) is 42.7 Å². The average molecular weight is 410 g/mol. The van der Waals surface area contributed by atoms with Crippen molar-refractivity contribution in [2.24, 2.45) is 0 Å². The van der Waals surface area contributed by atoms with Crippen molar-refractivity contribution in [3.8, 4) is 0 Å². The smallest absolute Gasteiger partial charge is 0.248 e. The van der Waals surface area contributed by atoms with Crippen LogP contribution < -0.4 is 10.2 Å². The fourth-order valence-corrected chi connectivity index (χ4v) is 3.82. The monoisotopic (exact) mass is 409 g/mol. The number of anilines is 3. The molecule has 7 heteroatoms. The Bertz CT molecular complexity index is 1000. The summed E-state index contributed by atoms with van der Waals surface area (Å²) in [5.74, 6) is -0.359. The maximum atomic E-state index is 12.2. The second-order valence-corrected chi connectivity index (χ2v) is 7.52. The van der Waals surface area contributed by atoms with Gasteiger partial charge in [0, 0.05) is 29.0 Å². The maximum absolute atomic E-state index is 12.2. The molecule has 0 aliphatic rings. The van der Waals surface area contributed by atoms with Crippen LogP contribution in [0, 0.1) is 0 Å². The number of rotatable bonds is 6. The van der Waals surface area contributed by atoms with Gasteiger partial charge < -0.3 is 5.32 Å². The number of aromatic nitrogens is 1. The van der Waals surface area contributed by atoms with E-state index < -0.39 is 0 Å². The molecule has 0 unspecified atom stereocenters. The summed E-state index contributed by atoms with van der Waals surface area (Å²) in [7, 11) is 0. The molecule has 1 N–H and O–H groups in total. The van der Waals surface area contributed by atoms with E-state index in [0.717, 1.165) is 16.3 Å². The Morgan fingerprint density at radius 2 is 1.93 bits per heavy atom. The fraction of sp³-hybridized carbons (Fsp3) is 0.0952. The molecule has 142 valence electrons. The molecule has 0 bridgehead atoms. The van der Waals surface area contributed by atoms with Gasteiger partial charge in [-0.1, -0.05) is 24.3 Å². The SMILES string of the molecule is CSc1cccc(NC(=O)/C=C/c2csc(N(C(C)=O)c3ccccc3)n2)c1. The average Bonchev–Trinajstić information content (AvgIpc) is 3.15. The summed E-state index contributed by atoms with van der Waals surface area (Å²) < 4.78 is 0. The molecule has 0 saturated carbocycles. The fourth-order valence-electron chi connectivity index (χ4n) is 2.51. The van der Waals surface area contributed by atoms with Gasteiger partial charge in [-0.25, -0.2) is 4.98 Å². The number of nitrogens with one attached hydrogen (secondary N) is 1. The predicted octanol–water partition coefficient (Wildman–Crippen LogP) is 5.20. The van der Waals surface area contributed by atoms with Crippen molar-refractivity contribution in [2.45, 2.75) is 11.8 Å². The van der Waals surface area contributed by atoms with Crippen molar-refractivity contribution in [2.75, 3.05) is 16.5 Å². The predicted molar refractivity (Wildman–Crippen MR) is 117 cm³/mol. The number of amides is 2. The van der Waals surface area contributed by atoms with Crippen LogP contribution >= 0.6 is 23.1 Å². The van der Waals surface area contributed by atoms with E-state index in [-0.39, 0.29) is 11.8 Å². The van der Waals surface area contributed by atoms with Crippen LogP contribution in [0.2, 0.25) is 0 Å². The van der Waals surface area contributed by atoms with Crippen LogP contribution in [0.1, 0.15) is 12.6 Å². The van der Waals surface area contributed by atoms with E-state index in [9.17, 15) is 9.59 Å². The Labute approximate surface area is 172 Å². The molecule has 5 nitrogen and oxygen atoms in total. The van der Waals surface area contributed by atoms with Crippen LogP contribution in [0.4, 0.5) is 16.5 Å². The molecule has 0 radical (unpaired) electrons. The van der Waals surface area contributed by atoms with Crippen LogP contribution in [0.3, 0.4) is 0 Å². The van der Waals surface area contributed by atoms with Crippen molar-refractivity contribution in [1.82, 2.24) is 4.98 Å². The summed E-state index contributed by atoms with van der Waals surface area (Å²) in [6.07, 6.45) is 5.06. The lowest BCUT2D eigenvalue weighted by molar-refractivity contribution is -0.116. The largest absolute Gasteiger partial charge is 0.322 e. The Morgan fingerprint density at radius 3 is 2.64 bits per heavy atom. The molecule has 2 aromatic carbocycles. The van der Waals surface area contributed by atoms with Crippen molar-refractivity contribution >= 4 is 57.5 Å². The van der Waals surface area contributed by atoms with E-state index >= 15 is 0 Å². The maximum Gasteiger partial charge on any atom is 0.248 e.